The van der Waals surface area contributed by atoms with Gasteiger partial charge < -0.3 is 40.0 Å². The Bertz CT molecular complexity index is 1430. The van der Waals surface area contributed by atoms with Crippen molar-refractivity contribution >= 4 is 23.3 Å². The number of nitrogens with one attached hydrogen (secondary N) is 3. The number of carbonyl (C=O) groups is 2. The molecule has 6 rings (SSSR count). The Morgan fingerprint density at radius 2 is 1.80 bits per heavy atom. The molecule has 3 aromatic carbocycles. The van der Waals surface area contributed by atoms with E-state index in [0.29, 0.717) is 35.9 Å². The second-order valence-electron chi connectivity index (χ2n) is 9.88. The van der Waals surface area contributed by atoms with E-state index in [1.807, 2.05) is 18.2 Å². The minimum Gasteiger partial charge on any atom is -0.487 e. The van der Waals surface area contributed by atoms with E-state index in [0.717, 1.165) is 11.1 Å². The summed E-state index contributed by atoms with van der Waals surface area (Å²) in [7, 11) is 0. The highest BCUT2D eigenvalue weighted by molar-refractivity contribution is 6.00. The number of hydrogen-bond acceptors (Lipinski definition) is 7. The molecule has 3 heterocycles. The van der Waals surface area contributed by atoms with Crippen LogP contribution in [0.3, 0.4) is 0 Å². The molecular weight excluding hydrogens is 521 g/mol. The summed E-state index contributed by atoms with van der Waals surface area (Å²) in [6.07, 6.45) is -0.862. The first-order chi connectivity index (χ1) is 19.5. The molecule has 1 saturated heterocycles. The third-order valence-electron chi connectivity index (χ3n) is 7.22. The summed E-state index contributed by atoms with van der Waals surface area (Å²) < 4.78 is 36.8. The molecule has 3 aliphatic rings. The molecule has 4 N–H and O–H groups in total. The molecule has 0 radical (unpaired) electrons. The highest BCUT2D eigenvalue weighted by atomic mass is 19.1. The Kier molecular flexibility index (Phi) is 7.14. The fourth-order valence-electron chi connectivity index (χ4n) is 5.34. The number of halogens is 1. The first-order valence-corrected chi connectivity index (χ1v) is 13.0. The number of hydrogen-bond donors (Lipinski definition) is 4. The van der Waals surface area contributed by atoms with Crippen LogP contribution in [-0.4, -0.2) is 48.8 Å². The summed E-state index contributed by atoms with van der Waals surface area (Å²) in [5.41, 5.74) is 2.30. The lowest BCUT2D eigenvalue weighted by molar-refractivity contribution is -0.142. The number of anilines is 2. The summed E-state index contributed by atoms with van der Waals surface area (Å²) in [5, 5.41) is 18.1. The zero-order valence-electron chi connectivity index (χ0n) is 21.4. The Morgan fingerprint density at radius 3 is 2.65 bits per heavy atom. The zero-order valence-corrected chi connectivity index (χ0v) is 21.4. The van der Waals surface area contributed by atoms with Gasteiger partial charge in [0, 0.05) is 23.7 Å². The molecule has 3 amide bonds. The van der Waals surface area contributed by atoms with Crippen LogP contribution in [0.5, 0.6) is 17.2 Å². The number of amides is 3. The minimum atomic E-state index is -0.612. The number of fused-ring (bicyclic) bond motifs is 4. The highest BCUT2D eigenvalue weighted by Gasteiger charge is 2.46. The van der Waals surface area contributed by atoms with E-state index in [1.165, 1.54) is 12.1 Å². The van der Waals surface area contributed by atoms with Crippen molar-refractivity contribution in [3.05, 3.63) is 77.6 Å². The summed E-state index contributed by atoms with van der Waals surface area (Å²) in [5.74, 6) is 1.09. The molecule has 0 saturated carbocycles. The zero-order chi connectivity index (χ0) is 27.6. The van der Waals surface area contributed by atoms with Crippen molar-refractivity contribution in [2.75, 3.05) is 24.0 Å². The van der Waals surface area contributed by atoms with Crippen molar-refractivity contribution in [3.63, 3.8) is 0 Å². The van der Waals surface area contributed by atoms with E-state index in [2.05, 4.69) is 16.0 Å². The number of carbonyl (C=O) groups excluding carboxylic acids is 2. The number of benzene rings is 3. The summed E-state index contributed by atoms with van der Waals surface area (Å²) in [6, 6.07) is 16.1. The number of ether oxygens (including phenoxy) is 4. The molecule has 0 spiro atoms. The molecule has 3 aromatic rings. The number of urea groups is 1. The van der Waals surface area contributed by atoms with Gasteiger partial charge in [-0.25, -0.2) is 9.18 Å². The number of rotatable bonds is 7. The monoisotopic (exact) mass is 549 g/mol. The first-order valence-electron chi connectivity index (χ1n) is 13.0. The summed E-state index contributed by atoms with van der Waals surface area (Å²) >= 11 is 0. The Balaban J connectivity index is 1.09. The Morgan fingerprint density at radius 1 is 0.975 bits per heavy atom. The SMILES string of the molecule is O=C(C[C@@H]1C[C@H]2c3cc(NC(=O)Nc4ccccc4F)ccc3O[C@H]2[C@H](CO)O1)NCc1ccc2c(c1)OCO2. The molecular formula is C29H28FN3O7. The van der Waals surface area contributed by atoms with Crippen LogP contribution >= 0.6 is 0 Å². The predicted molar refractivity (Wildman–Crippen MR) is 142 cm³/mol. The lowest BCUT2D eigenvalue weighted by Crippen LogP contribution is -2.47. The minimum absolute atomic E-state index is 0.0689. The molecule has 208 valence electrons. The molecule has 3 aliphatic heterocycles. The molecule has 0 bridgehead atoms. The second kappa shape index (κ2) is 11.0. The topological polar surface area (TPSA) is 127 Å². The van der Waals surface area contributed by atoms with Gasteiger partial charge in [-0.05, 0) is 54.4 Å². The van der Waals surface area contributed by atoms with E-state index in [9.17, 15) is 19.1 Å². The fraction of sp³-hybridized carbons (Fsp3) is 0.310. The Hall–Kier alpha value is -4.35. The molecule has 40 heavy (non-hydrogen) atoms. The maximum atomic E-state index is 13.9. The number of aliphatic hydroxyl groups excluding tert-OH is 1. The van der Waals surface area contributed by atoms with E-state index in [4.69, 9.17) is 18.9 Å². The van der Waals surface area contributed by atoms with Crippen LogP contribution < -0.4 is 30.2 Å². The molecule has 0 aromatic heterocycles. The van der Waals surface area contributed by atoms with Crippen molar-refractivity contribution in [3.8, 4) is 17.2 Å². The van der Waals surface area contributed by atoms with Crippen LogP contribution in [-0.2, 0) is 16.1 Å². The molecule has 0 aliphatic carbocycles. The van der Waals surface area contributed by atoms with Gasteiger partial charge >= 0.3 is 6.03 Å². The van der Waals surface area contributed by atoms with E-state index >= 15 is 0 Å². The lowest BCUT2D eigenvalue weighted by Gasteiger charge is -2.37. The molecule has 0 unspecified atom stereocenters. The highest BCUT2D eigenvalue weighted by Crippen LogP contribution is 2.47. The van der Waals surface area contributed by atoms with Gasteiger partial charge in [0.05, 0.1) is 24.8 Å². The van der Waals surface area contributed by atoms with E-state index < -0.39 is 30.2 Å². The number of para-hydroxylation sites is 1. The predicted octanol–water partition coefficient (Wildman–Crippen LogP) is 3.90. The third-order valence-corrected chi connectivity index (χ3v) is 7.22. The van der Waals surface area contributed by atoms with Gasteiger partial charge in [0.25, 0.3) is 0 Å². The molecule has 1 fully saturated rings. The third kappa shape index (κ3) is 5.38. The fourth-order valence-corrected chi connectivity index (χ4v) is 5.34. The first kappa shape index (κ1) is 25.9. The van der Waals surface area contributed by atoms with Crippen molar-refractivity contribution in [1.29, 1.82) is 0 Å². The smallest absolute Gasteiger partial charge is 0.323 e. The Labute approximate surface area is 229 Å². The molecule has 11 heteroatoms. The van der Waals surface area contributed by atoms with Crippen molar-refractivity contribution in [2.24, 2.45) is 0 Å². The maximum Gasteiger partial charge on any atom is 0.323 e. The van der Waals surface area contributed by atoms with Gasteiger partial charge in [0.1, 0.15) is 23.8 Å². The van der Waals surface area contributed by atoms with Crippen LogP contribution in [0.2, 0.25) is 0 Å². The maximum absolute atomic E-state index is 13.9. The van der Waals surface area contributed by atoms with Crippen molar-refractivity contribution < 1.29 is 38.0 Å². The van der Waals surface area contributed by atoms with Crippen LogP contribution in [0.1, 0.15) is 29.9 Å². The van der Waals surface area contributed by atoms with Crippen LogP contribution in [0.15, 0.2) is 60.7 Å². The number of aliphatic hydroxyl groups is 1. The van der Waals surface area contributed by atoms with Crippen LogP contribution in [0, 0.1) is 5.82 Å². The molecule has 10 nitrogen and oxygen atoms in total. The van der Waals surface area contributed by atoms with Crippen molar-refractivity contribution in [1.82, 2.24) is 5.32 Å². The average molecular weight is 550 g/mol. The normalized spacial score (nSPS) is 22.1. The van der Waals surface area contributed by atoms with E-state index in [-0.39, 0.29) is 37.3 Å². The van der Waals surface area contributed by atoms with Crippen LogP contribution in [0.4, 0.5) is 20.6 Å². The van der Waals surface area contributed by atoms with Gasteiger partial charge in [-0.2, -0.15) is 0 Å². The van der Waals surface area contributed by atoms with Gasteiger partial charge in [-0.15, -0.1) is 0 Å². The largest absolute Gasteiger partial charge is 0.487 e. The van der Waals surface area contributed by atoms with Crippen molar-refractivity contribution in [2.45, 2.75) is 43.6 Å². The lowest BCUT2D eigenvalue weighted by atomic mass is 9.84. The molecule has 4 atom stereocenters. The summed E-state index contributed by atoms with van der Waals surface area (Å²) in [4.78, 5) is 25.3. The van der Waals surface area contributed by atoms with Crippen LogP contribution in [0.25, 0.3) is 0 Å². The standard InChI is InChI=1S/C29H28FN3O7/c30-21-3-1-2-4-22(21)33-29(36)32-17-6-8-23-19(10-17)20-11-18(39-26(14-34)28(20)40-23)12-27(35)31-13-16-5-7-24-25(9-16)38-15-37-24/h1-10,18,20,26,28,34H,11-15H2,(H,31,35)(H2,32,33,36)/t18-,20-,26-,28+/m0/s1. The average Bonchev–Trinajstić information content (AvgIpc) is 3.57. The quantitative estimate of drug-likeness (QED) is 0.352. The van der Waals surface area contributed by atoms with Gasteiger partial charge in [0.2, 0.25) is 12.7 Å². The van der Waals surface area contributed by atoms with E-state index in [1.54, 1.807) is 30.3 Å². The summed E-state index contributed by atoms with van der Waals surface area (Å²) in [6.45, 7) is 0.248. The van der Waals surface area contributed by atoms with Gasteiger partial charge in [-0.1, -0.05) is 18.2 Å². The second-order valence-corrected chi connectivity index (χ2v) is 9.88. The van der Waals surface area contributed by atoms with Gasteiger partial charge in [-0.3, -0.25) is 4.79 Å². The van der Waals surface area contributed by atoms with Gasteiger partial charge in [0.15, 0.2) is 11.5 Å².